The van der Waals surface area contributed by atoms with E-state index in [0.29, 0.717) is 0 Å². The van der Waals surface area contributed by atoms with Gasteiger partial charge in [-0.05, 0) is 57.1 Å². The maximum atomic E-state index is 4.13. The second kappa shape index (κ2) is 9.61. The highest BCUT2D eigenvalue weighted by molar-refractivity contribution is 6.37. The molecular formula is C41H29N. The zero-order valence-corrected chi connectivity index (χ0v) is 23.5. The summed E-state index contributed by atoms with van der Waals surface area (Å²) in [6.07, 6.45) is 8.22. The van der Waals surface area contributed by atoms with Gasteiger partial charge in [0.2, 0.25) is 0 Å². The van der Waals surface area contributed by atoms with Crippen molar-refractivity contribution in [3.8, 4) is 5.69 Å². The molecule has 42 heavy (non-hydrogen) atoms. The highest BCUT2D eigenvalue weighted by atomic mass is 15.0. The Kier molecular flexibility index (Phi) is 5.58. The highest BCUT2D eigenvalue weighted by Crippen LogP contribution is 2.45. The van der Waals surface area contributed by atoms with Gasteiger partial charge in [-0.15, -0.1) is 0 Å². The first-order chi connectivity index (χ1) is 20.8. The van der Waals surface area contributed by atoms with Crippen molar-refractivity contribution in [3.05, 3.63) is 158 Å². The minimum Gasteiger partial charge on any atom is -0.308 e. The molecule has 0 N–H and O–H groups in total. The van der Waals surface area contributed by atoms with Crippen molar-refractivity contribution in [2.24, 2.45) is 0 Å². The Morgan fingerprint density at radius 1 is 0.571 bits per heavy atom. The molecule has 0 unspecified atom stereocenters. The molecule has 0 aliphatic rings. The van der Waals surface area contributed by atoms with Gasteiger partial charge in [-0.2, -0.15) is 0 Å². The number of aromatic nitrogens is 1. The molecular weight excluding hydrogens is 506 g/mol. The van der Waals surface area contributed by atoms with Crippen LogP contribution in [0.25, 0.3) is 76.2 Å². The summed E-state index contributed by atoms with van der Waals surface area (Å²) >= 11 is 0. The molecule has 0 saturated carbocycles. The van der Waals surface area contributed by atoms with Gasteiger partial charge in [0.25, 0.3) is 0 Å². The van der Waals surface area contributed by atoms with Crippen molar-refractivity contribution in [3.63, 3.8) is 0 Å². The maximum absolute atomic E-state index is 4.13. The molecule has 1 aromatic heterocycles. The molecule has 0 aliphatic carbocycles. The Hall–Kier alpha value is -5.40. The van der Waals surface area contributed by atoms with E-state index in [1.807, 2.05) is 13.0 Å². The van der Waals surface area contributed by atoms with Crippen molar-refractivity contribution >= 4 is 70.5 Å². The molecule has 0 aliphatic heterocycles. The molecule has 1 nitrogen and oxygen atoms in total. The number of fused-ring (bicyclic) bond motifs is 11. The molecule has 0 saturated heterocycles. The zero-order valence-electron chi connectivity index (χ0n) is 23.5. The quantitative estimate of drug-likeness (QED) is 0.156. The van der Waals surface area contributed by atoms with Gasteiger partial charge in [-0.25, -0.2) is 0 Å². The molecule has 0 radical (unpaired) electrons. The van der Waals surface area contributed by atoms with Gasteiger partial charge in [0.15, 0.2) is 0 Å². The minimum absolute atomic E-state index is 1.11. The Balaban J connectivity index is 1.62. The Morgan fingerprint density at radius 3 is 2.02 bits per heavy atom. The monoisotopic (exact) mass is 535 g/mol. The first-order valence-electron chi connectivity index (χ1n) is 14.5. The van der Waals surface area contributed by atoms with E-state index in [2.05, 4.69) is 151 Å². The van der Waals surface area contributed by atoms with E-state index in [1.165, 1.54) is 76.1 Å². The number of para-hydroxylation sites is 1. The Bertz CT molecular complexity index is 2430. The van der Waals surface area contributed by atoms with Crippen LogP contribution >= 0.6 is 0 Å². The van der Waals surface area contributed by atoms with Gasteiger partial charge in [-0.1, -0.05) is 140 Å². The lowest BCUT2D eigenvalue weighted by Crippen LogP contribution is -1.98. The van der Waals surface area contributed by atoms with Crippen LogP contribution in [0, 0.1) is 0 Å². The summed E-state index contributed by atoms with van der Waals surface area (Å²) in [5, 5.41) is 12.7. The van der Waals surface area contributed by atoms with Crippen molar-refractivity contribution in [2.75, 3.05) is 0 Å². The lowest BCUT2D eigenvalue weighted by molar-refractivity contribution is 1.20. The molecule has 7 aromatic carbocycles. The van der Waals surface area contributed by atoms with Crippen LogP contribution in [0.1, 0.15) is 12.5 Å². The fourth-order valence-electron chi connectivity index (χ4n) is 6.89. The van der Waals surface area contributed by atoms with Crippen LogP contribution in [-0.2, 0) is 0 Å². The summed E-state index contributed by atoms with van der Waals surface area (Å²) in [4.78, 5) is 0. The fraction of sp³-hybridized carbons (Fsp3) is 0.0244. The van der Waals surface area contributed by atoms with Gasteiger partial charge < -0.3 is 4.57 Å². The predicted octanol–water partition coefficient (Wildman–Crippen LogP) is 11.5. The van der Waals surface area contributed by atoms with Crippen LogP contribution in [0.2, 0.25) is 0 Å². The first-order valence-corrected chi connectivity index (χ1v) is 14.5. The summed E-state index contributed by atoms with van der Waals surface area (Å²) < 4.78 is 2.50. The summed E-state index contributed by atoms with van der Waals surface area (Å²) in [5.74, 6) is 0. The SMILES string of the molecule is C=C/C(=C\C=C/C)c1ccc(-n2c3ccccc3c3c4c5ccccc5ccc4c4ccccc4c32)c2ccccc12. The van der Waals surface area contributed by atoms with Gasteiger partial charge >= 0.3 is 0 Å². The van der Waals surface area contributed by atoms with E-state index in [0.717, 1.165) is 5.57 Å². The van der Waals surface area contributed by atoms with Crippen LogP contribution < -0.4 is 0 Å². The van der Waals surface area contributed by atoms with Crippen molar-refractivity contribution in [2.45, 2.75) is 6.92 Å². The summed E-state index contributed by atoms with van der Waals surface area (Å²) in [7, 11) is 0. The van der Waals surface area contributed by atoms with E-state index in [4.69, 9.17) is 0 Å². The predicted molar refractivity (Wildman–Crippen MR) is 184 cm³/mol. The number of rotatable bonds is 4. The summed E-state index contributed by atoms with van der Waals surface area (Å²) in [6, 6.07) is 44.4. The molecule has 198 valence electrons. The van der Waals surface area contributed by atoms with Crippen molar-refractivity contribution in [1.82, 2.24) is 4.57 Å². The van der Waals surface area contributed by atoms with Gasteiger partial charge in [0, 0.05) is 26.9 Å². The van der Waals surface area contributed by atoms with Crippen LogP contribution in [0.15, 0.2) is 152 Å². The average Bonchev–Trinajstić information content (AvgIpc) is 3.40. The van der Waals surface area contributed by atoms with Crippen LogP contribution in [0.4, 0.5) is 0 Å². The third kappa shape index (κ3) is 3.44. The van der Waals surface area contributed by atoms with E-state index in [9.17, 15) is 0 Å². The average molecular weight is 536 g/mol. The van der Waals surface area contributed by atoms with Crippen LogP contribution in [0.5, 0.6) is 0 Å². The van der Waals surface area contributed by atoms with E-state index in [-0.39, 0.29) is 0 Å². The first kappa shape index (κ1) is 24.4. The lowest BCUT2D eigenvalue weighted by atomic mass is 9.92. The molecule has 0 spiro atoms. The van der Waals surface area contributed by atoms with E-state index in [1.54, 1.807) is 0 Å². The fourth-order valence-corrected chi connectivity index (χ4v) is 6.89. The van der Waals surface area contributed by atoms with E-state index >= 15 is 0 Å². The van der Waals surface area contributed by atoms with E-state index < -0.39 is 0 Å². The van der Waals surface area contributed by atoms with Crippen LogP contribution in [0.3, 0.4) is 0 Å². The normalized spacial score (nSPS) is 12.5. The Labute approximate surface area is 244 Å². The second-order valence-electron chi connectivity index (χ2n) is 10.9. The summed E-state index contributed by atoms with van der Waals surface area (Å²) in [6.45, 7) is 6.17. The van der Waals surface area contributed by atoms with Crippen molar-refractivity contribution < 1.29 is 0 Å². The molecule has 0 fully saturated rings. The third-order valence-corrected chi connectivity index (χ3v) is 8.67. The number of hydrogen-bond donors (Lipinski definition) is 0. The zero-order chi connectivity index (χ0) is 28.2. The second-order valence-corrected chi connectivity index (χ2v) is 10.9. The standard InChI is InChI=1S/C41H29N/c1-3-5-14-27(4-2)29-25-26-38(33-19-10-8-17-31(29)33)42-37-22-13-12-21-36(37)40-39-30-16-7-6-15-28(30)23-24-34(39)32-18-9-11-20-35(32)41(40)42/h3-26H,2H2,1H3/b5-3-,27-14+. The van der Waals surface area contributed by atoms with Crippen LogP contribution in [-0.4, -0.2) is 4.57 Å². The number of allylic oxidation sites excluding steroid dienone is 5. The third-order valence-electron chi connectivity index (χ3n) is 8.67. The maximum Gasteiger partial charge on any atom is 0.0626 e. The molecule has 0 amide bonds. The largest absolute Gasteiger partial charge is 0.308 e. The van der Waals surface area contributed by atoms with Gasteiger partial charge in [0.1, 0.15) is 0 Å². The molecule has 0 bridgehead atoms. The highest BCUT2D eigenvalue weighted by Gasteiger charge is 2.21. The molecule has 0 atom stereocenters. The molecule has 8 aromatic rings. The topological polar surface area (TPSA) is 4.93 Å². The van der Waals surface area contributed by atoms with Crippen molar-refractivity contribution in [1.29, 1.82) is 0 Å². The smallest absolute Gasteiger partial charge is 0.0626 e. The number of benzene rings is 7. The molecule has 8 rings (SSSR count). The molecule has 1 heterocycles. The minimum atomic E-state index is 1.11. The van der Waals surface area contributed by atoms with Gasteiger partial charge in [0.05, 0.1) is 16.7 Å². The Morgan fingerprint density at radius 2 is 1.24 bits per heavy atom. The number of nitrogens with zero attached hydrogens (tertiary/aromatic N) is 1. The summed E-state index contributed by atoms with van der Waals surface area (Å²) in [5.41, 5.74) is 5.94. The lowest BCUT2D eigenvalue weighted by Gasteiger charge is -2.17. The molecule has 1 heteroatoms. The van der Waals surface area contributed by atoms with Gasteiger partial charge in [-0.3, -0.25) is 0 Å². The number of hydrogen-bond acceptors (Lipinski definition) is 0.